The normalized spacial score (nSPS) is 22.8. The van der Waals surface area contributed by atoms with Crippen LogP contribution in [0.3, 0.4) is 0 Å². The van der Waals surface area contributed by atoms with Crippen molar-refractivity contribution in [1.82, 2.24) is 4.90 Å². The molecule has 0 radical (unpaired) electrons. The molecule has 0 spiro atoms. The Labute approximate surface area is 114 Å². The lowest BCUT2D eigenvalue weighted by Gasteiger charge is -2.34. The van der Waals surface area contributed by atoms with Crippen LogP contribution < -0.4 is 0 Å². The van der Waals surface area contributed by atoms with Gasteiger partial charge in [-0.1, -0.05) is 0 Å². The molecule has 2 fully saturated rings. The molecule has 0 aromatic carbocycles. The lowest BCUT2D eigenvalue weighted by atomic mass is 10.1. The molecule has 2 aliphatic heterocycles. The predicted octanol–water partition coefficient (Wildman–Crippen LogP) is 1.14. The van der Waals surface area contributed by atoms with Gasteiger partial charge < -0.3 is 4.74 Å². The number of hydrogen-bond acceptors (Lipinski definition) is 5. The molecule has 2 saturated heterocycles. The first kappa shape index (κ1) is 14.4. The number of likely N-dealkylation sites (tertiary alicyclic amines) is 1. The van der Waals surface area contributed by atoms with Crippen LogP contribution in [0.15, 0.2) is 11.0 Å². The first-order valence-electron chi connectivity index (χ1n) is 6.34. The summed E-state index contributed by atoms with van der Waals surface area (Å²) in [4.78, 5) is 2.28. The largest absolute Gasteiger partial charge is 0.381 e. The highest BCUT2D eigenvalue weighted by molar-refractivity contribution is 7.98. The topological polar surface area (TPSA) is 46.6 Å². The second-order valence-electron chi connectivity index (χ2n) is 4.88. The van der Waals surface area contributed by atoms with E-state index in [0.29, 0.717) is 26.1 Å². The van der Waals surface area contributed by atoms with Crippen molar-refractivity contribution in [3.63, 3.8) is 0 Å². The zero-order valence-electron chi connectivity index (χ0n) is 10.8. The molecule has 0 aromatic heterocycles. The van der Waals surface area contributed by atoms with E-state index in [1.807, 2.05) is 11.8 Å². The van der Waals surface area contributed by atoms with Crippen molar-refractivity contribution >= 4 is 21.6 Å². The summed E-state index contributed by atoms with van der Waals surface area (Å²) in [5.41, 5.74) is 1.06. The van der Waals surface area contributed by atoms with Crippen molar-refractivity contribution in [2.45, 2.75) is 18.1 Å². The van der Waals surface area contributed by atoms with E-state index in [0.717, 1.165) is 31.0 Å². The average Bonchev–Trinajstić information content (AvgIpc) is 2.33. The number of rotatable bonds is 5. The van der Waals surface area contributed by atoms with E-state index in [1.54, 1.807) is 0 Å². The number of ether oxygens (including phenoxy) is 1. The summed E-state index contributed by atoms with van der Waals surface area (Å²) in [6, 6.07) is 0. The lowest BCUT2D eigenvalue weighted by Crippen LogP contribution is -2.42. The van der Waals surface area contributed by atoms with Crippen molar-refractivity contribution in [2.24, 2.45) is 0 Å². The smallest absolute Gasteiger partial charge is 0.174 e. The molecule has 0 bridgehead atoms. The molecule has 2 rings (SSSR count). The summed E-state index contributed by atoms with van der Waals surface area (Å²) < 4.78 is 29.5. The maximum atomic E-state index is 12.2. The van der Waals surface area contributed by atoms with Gasteiger partial charge in [0.2, 0.25) is 0 Å². The molecule has 6 heteroatoms. The van der Waals surface area contributed by atoms with E-state index in [1.165, 1.54) is 5.41 Å². The van der Waals surface area contributed by atoms with Crippen LogP contribution in [-0.2, 0) is 14.6 Å². The molecule has 0 aromatic rings. The molecule has 2 aliphatic rings. The highest BCUT2D eigenvalue weighted by Crippen LogP contribution is 2.22. The Hall–Kier alpha value is -0.0400. The third-order valence-corrected chi connectivity index (χ3v) is 6.08. The van der Waals surface area contributed by atoms with Gasteiger partial charge in [-0.3, -0.25) is 4.90 Å². The first-order chi connectivity index (χ1) is 8.62. The Morgan fingerprint density at radius 3 is 2.67 bits per heavy atom. The monoisotopic (exact) mass is 291 g/mol. The van der Waals surface area contributed by atoms with Gasteiger partial charge in [0.15, 0.2) is 9.84 Å². The molecule has 0 atom stereocenters. The van der Waals surface area contributed by atoms with Crippen LogP contribution in [0.2, 0.25) is 0 Å². The third kappa shape index (κ3) is 3.73. The van der Waals surface area contributed by atoms with Crippen LogP contribution in [0.1, 0.15) is 12.8 Å². The van der Waals surface area contributed by atoms with Gasteiger partial charge in [-0.25, -0.2) is 8.42 Å². The third-order valence-electron chi connectivity index (χ3n) is 3.43. The van der Waals surface area contributed by atoms with Gasteiger partial charge in [-0.05, 0) is 24.7 Å². The molecular formula is C12H21NO3S2. The molecular weight excluding hydrogens is 270 g/mol. The van der Waals surface area contributed by atoms with Gasteiger partial charge in [-0.15, -0.1) is 0 Å². The molecule has 18 heavy (non-hydrogen) atoms. The van der Waals surface area contributed by atoms with Crippen molar-refractivity contribution in [1.29, 1.82) is 0 Å². The molecule has 0 aliphatic carbocycles. The Bertz CT molecular complexity index is 392. The Morgan fingerprint density at radius 1 is 1.39 bits per heavy atom. The highest BCUT2D eigenvalue weighted by atomic mass is 32.2. The zero-order valence-corrected chi connectivity index (χ0v) is 12.4. The van der Waals surface area contributed by atoms with Crippen molar-refractivity contribution in [3.8, 4) is 0 Å². The Kier molecular flexibility index (Phi) is 5.12. The molecule has 0 saturated carbocycles. The molecule has 0 unspecified atom stereocenters. The van der Waals surface area contributed by atoms with Gasteiger partial charge in [0.05, 0.1) is 5.25 Å². The summed E-state index contributed by atoms with van der Waals surface area (Å²) in [5.74, 6) is 1.11. The standard InChI is InChI=1S/C12H21NO3S2/c1-17-7-4-13-8-11(9-13)10-18(14,15)12-2-5-16-6-3-12/h10,12H,2-9H2,1H3. The lowest BCUT2D eigenvalue weighted by molar-refractivity contribution is 0.0985. The SMILES string of the molecule is CSCCN1CC(=CS(=O)(=O)C2CCOCC2)C1. The summed E-state index contributed by atoms with van der Waals surface area (Å²) in [6.45, 7) is 3.85. The van der Waals surface area contributed by atoms with Gasteiger partial charge in [-0.2, -0.15) is 11.8 Å². The van der Waals surface area contributed by atoms with Crippen LogP contribution in [0.4, 0.5) is 0 Å². The van der Waals surface area contributed by atoms with Crippen LogP contribution in [0, 0.1) is 0 Å². The molecule has 4 nitrogen and oxygen atoms in total. The minimum Gasteiger partial charge on any atom is -0.381 e. The summed E-state index contributed by atoms with van der Waals surface area (Å²) >= 11 is 1.82. The zero-order chi connectivity index (χ0) is 13.0. The number of thioether (sulfide) groups is 1. The van der Waals surface area contributed by atoms with Crippen LogP contribution >= 0.6 is 11.8 Å². The van der Waals surface area contributed by atoms with Crippen LogP contribution in [-0.4, -0.2) is 63.4 Å². The van der Waals surface area contributed by atoms with E-state index in [-0.39, 0.29) is 5.25 Å². The second kappa shape index (κ2) is 6.41. The van der Waals surface area contributed by atoms with E-state index in [9.17, 15) is 8.42 Å². The summed E-state index contributed by atoms with van der Waals surface area (Å²) in [7, 11) is -3.06. The minimum absolute atomic E-state index is 0.223. The van der Waals surface area contributed by atoms with Crippen molar-refractivity contribution in [3.05, 3.63) is 11.0 Å². The van der Waals surface area contributed by atoms with Gasteiger partial charge in [0, 0.05) is 44.0 Å². The fourth-order valence-corrected chi connectivity index (χ4v) is 4.41. The highest BCUT2D eigenvalue weighted by Gasteiger charge is 2.28. The molecule has 0 N–H and O–H groups in total. The summed E-state index contributed by atoms with van der Waals surface area (Å²) in [6.07, 6.45) is 3.37. The number of nitrogens with zero attached hydrogens (tertiary/aromatic N) is 1. The van der Waals surface area contributed by atoms with Crippen molar-refractivity contribution < 1.29 is 13.2 Å². The van der Waals surface area contributed by atoms with Crippen molar-refractivity contribution in [2.75, 3.05) is 44.9 Å². The minimum atomic E-state index is -3.06. The summed E-state index contributed by atoms with van der Waals surface area (Å²) in [5, 5.41) is 1.30. The quantitative estimate of drug-likeness (QED) is 0.760. The van der Waals surface area contributed by atoms with Crippen LogP contribution in [0.5, 0.6) is 0 Å². The number of hydrogen-bond donors (Lipinski definition) is 0. The van der Waals surface area contributed by atoms with E-state index in [4.69, 9.17) is 4.74 Å². The molecule has 0 amide bonds. The van der Waals surface area contributed by atoms with E-state index < -0.39 is 9.84 Å². The second-order valence-corrected chi connectivity index (χ2v) is 7.95. The Balaban J connectivity index is 1.85. The molecule has 2 heterocycles. The van der Waals surface area contributed by atoms with E-state index in [2.05, 4.69) is 11.2 Å². The predicted molar refractivity (Wildman–Crippen MR) is 75.7 cm³/mol. The fraction of sp³-hybridized carbons (Fsp3) is 0.833. The maximum absolute atomic E-state index is 12.2. The molecule has 104 valence electrons. The first-order valence-corrected chi connectivity index (χ1v) is 9.34. The van der Waals surface area contributed by atoms with E-state index >= 15 is 0 Å². The number of sulfone groups is 1. The Morgan fingerprint density at radius 2 is 2.06 bits per heavy atom. The maximum Gasteiger partial charge on any atom is 0.174 e. The van der Waals surface area contributed by atoms with Gasteiger partial charge in [0.1, 0.15) is 0 Å². The average molecular weight is 291 g/mol. The van der Waals surface area contributed by atoms with Gasteiger partial charge in [0.25, 0.3) is 0 Å². The van der Waals surface area contributed by atoms with Crippen LogP contribution in [0.25, 0.3) is 0 Å². The van der Waals surface area contributed by atoms with Gasteiger partial charge >= 0.3 is 0 Å². The fourth-order valence-electron chi connectivity index (χ4n) is 2.31.